The van der Waals surface area contributed by atoms with Crippen LogP contribution in [-0.4, -0.2) is 4.57 Å². The van der Waals surface area contributed by atoms with Crippen molar-refractivity contribution in [2.45, 2.75) is 19.3 Å². The second-order valence-corrected chi connectivity index (χ2v) is 16.8. The molecule has 0 N–H and O–H groups in total. The first-order chi connectivity index (χ1) is 27.5. The number of rotatable bonds is 4. The van der Waals surface area contributed by atoms with Crippen molar-refractivity contribution in [3.8, 4) is 16.8 Å². The van der Waals surface area contributed by atoms with Crippen LogP contribution in [0.2, 0.25) is 0 Å². The number of anilines is 3. The highest BCUT2D eigenvalue weighted by molar-refractivity contribution is 7.27. The van der Waals surface area contributed by atoms with E-state index in [-0.39, 0.29) is 5.41 Å². The van der Waals surface area contributed by atoms with Crippen molar-refractivity contribution >= 4 is 91.9 Å². The topological polar surface area (TPSA) is 8.17 Å². The van der Waals surface area contributed by atoms with Crippen LogP contribution < -0.4 is 4.90 Å². The number of benzene rings is 9. The van der Waals surface area contributed by atoms with Crippen LogP contribution in [0.5, 0.6) is 0 Å². The first-order valence-corrected chi connectivity index (χ1v) is 20.3. The van der Waals surface area contributed by atoms with Crippen LogP contribution in [0.15, 0.2) is 182 Å². The van der Waals surface area contributed by atoms with Gasteiger partial charge in [0.2, 0.25) is 0 Å². The molecule has 2 nitrogen and oxygen atoms in total. The summed E-state index contributed by atoms with van der Waals surface area (Å²) in [7, 11) is 0. The highest BCUT2D eigenvalue weighted by atomic mass is 32.1. The van der Waals surface area contributed by atoms with E-state index in [1.807, 2.05) is 11.3 Å². The number of hydrogen-bond acceptors (Lipinski definition) is 2. The lowest BCUT2D eigenvalue weighted by Gasteiger charge is -2.28. The number of thiophene rings is 1. The molecule has 264 valence electrons. The van der Waals surface area contributed by atoms with Crippen molar-refractivity contribution in [2.75, 3.05) is 4.90 Å². The van der Waals surface area contributed by atoms with Gasteiger partial charge in [0.25, 0.3) is 0 Å². The molecule has 9 aromatic carbocycles. The minimum Gasteiger partial charge on any atom is -0.310 e. The molecule has 1 aliphatic carbocycles. The third kappa shape index (κ3) is 4.38. The van der Waals surface area contributed by atoms with Crippen molar-refractivity contribution in [1.29, 1.82) is 0 Å². The zero-order chi connectivity index (χ0) is 37.1. The second-order valence-electron chi connectivity index (χ2n) is 15.7. The van der Waals surface area contributed by atoms with Gasteiger partial charge in [-0.1, -0.05) is 135 Å². The highest BCUT2D eigenvalue weighted by Crippen LogP contribution is 2.52. The van der Waals surface area contributed by atoms with Crippen LogP contribution in [0, 0.1) is 0 Å². The first kappa shape index (κ1) is 31.6. The van der Waals surface area contributed by atoms with E-state index in [1.54, 1.807) is 0 Å². The second kappa shape index (κ2) is 11.7. The summed E-state index contributed by atoms with van der Waals surface area (Å²) in [5.74, 6) is 0. The summed E-state index contributed by atoms with van der Waals surface area (Å²) in [6.45, 7) is 4.73. The van der Waals surface area contributed by atoms with Crippen LogP contribution in [-0.2, 0) is 5.41 Å². The first-order valence-electron chi connectivity index (χ1n) is 19.4. The zero-order valence-electron chi connectivity index (χ0n) is 31.1. The Labute approximate surface area is 329 Å². The quantitative estimate of drug-likeness (QED) is 0.175. The van der Waals surface area contributed by atoms with Gasteiger partial charge in [0.15, 0.2) is 0 Å². The van der Waals surface area contributed by atoms with Gasteiger partial charge in [0.1, 0.15) is 0 Å². The summed E-state index contributed by atoms with van der Waals surface area (Å²) in [6, 6.07) is 67.5. The van der Waals surface area contributed by atoms with E-state index in [1.165, 1.54) is 91.5 Å². The van der Waals surface area contributed by atoms with Crippen molar-refractivity contribution in [2.24, 2.45) is 0 Å². The SMILES string of the molecule is CC1(C)c2ccccc2-c2ccc(N(c3ccccc3)c3ccc4c(c3)c3c5ccccc5c5c6ccccc6sc5c3n4-c3ccc4ccccc4c3)cc21. The molecule has 0 saturated heterocycles. The third-order valence-corrected chi connectivity index (χ3v) is 13.5. The van der Waals surface area contributed by atoms with Crippen LogP contribution in [0.4, 0.5) is 17.1 Å². The molecule has 0 aliphatic heterocycles. The average Bonchev–Trinajstić information content (AvgIpc) is 3.87. The maximum absolute atomic E-state index is 2.53. The molecule has 2 aromatic heterocycles. The molecule has 0 fully saturated rings. The lowest BCUT2D eigenvalue weighted by atomic mass is 9.82. The fourth-order valence-corrected chi connectivity index (χ4v) is 11.0. The van der Waals surface area contributed by atoms with Crippen molar-refractivity contribution < 1.29 is 0 Å². The van der Waals surface area contributed by atoms with E-state index in [0.29, 0.717) is 0 Å². The van der Waals surface area contributed by atoms with E-state index in [0.717, 1.165) is 17.1 Å². The molecule has 3 heteroatoms. The smallest absolute Gasteiger partial charge is 0.0726 e. The van der Waals surface area contributed by atoms with Gasteiger partial charge in [0, 0.05) is 54.4 Å². The molecular formula is C53H36N2S. The van der Waals surface area contributed by atoms with Crippen LogP contribution in [0.3, 0.4) is 0 Å². The summed E-state index contributed by atoms with van der Waals surface area (Å²) in [6.07, 6.45) is 0. The van der Waals surface area contributed by atoms with E-state index in [2.05, 4.69) is 205 Å². The molecule has 0 amide bonds. The Kier molecular flexibility index (Phi) is 6.59. The number of para-hydroxylation sites is 1. The number of hydrogen-bond donors (Lipinski definition) is 0. The Morgan fingerprint density at radius 2 is 1.12 bits per heavy atom. The molecule has 0 atom stereocenters. The van der Waals surface area contributed by atoms with Crippen molar-refractivity contribution in [3.05, 3.63) is 193 Å². The van der Waals surface area contributed by atoms with Crippen LogP contribution >= 0.6 is 11.3 Å². The Balaban J connectivity index is 1.18. The Bertz CT molecular complexity index is 3400. The van der Waals surface area contributed by atoms with E-state index >= 15 is 0 Å². The van der Waals surface area contributed by atoms with Gasteiger partial charge in [-0.05, 0) is 104 Å². The minimum absolute atomic E-state index is 0.101. The molecule has 12 rings (SSSR count). The molecule has 0 radical (unpaired) electrons. The molecule has 1 aliphatic rings. The normalized spacial score (nSPS) is 13.3. The van der Waals surface area contributed by atoms with Gasteiger partial charge >= 0.3 is 0 Å². The molecule has 0 unspecified atom stereocenters. The molecule has 11 aromatic rings. The minimum atomic E-state index is -0.101. The maximum atomic E-state index is 2.53. The fourth-order valence-electron chi connectivity index (χ4n) is 9.74. The van der Waals surface area contributed by atoms with E-state index in [9.17, 15) is 0 Å². The van der Waals surface area contributed by atoms with Gasteiger partial charge in [-0.3, -0.25) is 0 Å². The average molecular weight is 733 g/mol. The molecule has 0 bridgehead atoms. The highest BCUT2D eigenvalue weighted by Gasteiger charge is 2.36. The number of nitrogens with zero attached hydrogens (tertiary/aromatic N) is 2. The van der Waals surface area contributed by atoms with Gasteiger partial charge in [-0.25, -0.2) is 0 Å². The van der Waals surface area contributed by atoms with Gasteiger partial charge in [-0.2, -0.15) is 0 Å². The monoisotopic (exact) mass is 732 g/mol. The number of fused-ring (bicyclic) bond motifs is 14. The van der Waals surface area contributed by atoms with Gasteiger partial charge in [0.05, 0.1) is 15.7 Å². The predicted molar refractivity (Wildman–Crippen MR) is 241 cm³/mol. The predicted octanol–water partition coefficient (Wildman–Crippen LogP) is 15.2. The van der Waals surface area contributed by atoms with Crippen LogP contribution in [0.25, 0.3) is 80.3 Å². The van der Waals surface area contributed by atoms with Gasteiger partial charge < -0.3 is 9.47 Å². The molecule has 0 saturated carbocycles. The molecular weight excluding hydrogens is 697 g/mol. The Morgan fingerprint density at radius 3 is 1.98 bits per heavy atom. The standard InChI is InChI=1S/C53H36N2S/c1-53(2)45-22-12-10-18-39(45)40-28-26-38(32-46(40)53)54(35-16-4-3-5-17-35)37-27-29-47-44(31-37)49-41-19-8-9-20-42(41)50-43-21-11-13-23-48(43)56-52(50)51(49)55(47)36-25-24-33-14-6-7-15-34(33)30-36/h3-32H,1-2H3. The zero-order valence-corrected chi connectivity index (χ0v) is 31.9. The summed E-state index contributed by atoms with van der Waals surface area (Å²) in [5, 5.41) is 10.3. The summed E-state index contributed by atoms with van der Waals surface area (Å²) in [4.78, 5) is 2.44. The number of aromatic nitrogens is 1. The summed E-state index contributed by atoms with van der Waals surface area (Å²) >= 11 is 1.91. The summed E-state index contributed by atoms with van der Waals surface area (Å²) < 4.78 is 5.17. The lowest BCUT2D eigenvalue weighted by Crippen LogP contribution is -2.16. The largest absolute Gasteiger partial charge is 0.310 e. The molecule has 2 heterocycles. The Hall–Kier alpha value is -6.68. The van der Waals surface area contributed by atoms with Gasteiger partial charge in [-0.15, -0.1) is 11.3 Å². The fraction of sp³-hybridized carbons (Fsp3) is 0.0566. The van der Waals surface area contributed by atoms with E-state index < -0.39 is 0 Å². The molecule has 0 spiro atoms. The molecule has 56 heavy (non-hydrogen) atoms. The Morgan fingerprint density at radius 1 is 0.464 bits per heavy atom. The lowest BCUT2D eigenvalue weighted by molar-refractivity contribution is 0.660. The maximum Gasteiger partial charge on any atom is 0.0726 e. The van der Waals surface area contributed by atoms with Crippen molar-refractivity contribution in [1.82, 2.24) is 4.57 Å². The van der Waals surface area contributed by atoms with Crippen molar-refractivity contribution in [3.63, 3.8) is 0 Å². The third-order valence-electron chi connectivity index (χ3n) is 12.3. The summed E-state index contributed by atoms with van der Waals surface area (Å²) in [5.41, 5.74) is 12.4. The van der Waals surface area contributed by atoms with Crippen LogP contribution in [0.1, 0.15) is 25.0 Å². The van der Waals surface area contributed by atoms with E-state index in [4.69, 9.17) is 0 Å².